The molecule has 1 rings (SSSR count). The van der Waals surface area contributed by atoms with Crippen LogP contribution in [0.15, 0.2) is 0 Å². The Kier molecular flexibility index (Phi) is 3.36. The van der Waals surface area contributed by atoms with Crippen molar-refractivity contribution in [1.29, 1.82) is 0 Å². The lowest BCUT2D eigenvalue weighted by Gasteiger charge is -1.95. The van der Waals surface area contributed by atoms with Crippen LogP contribution >= 0.6 is 0 Å². The van der Waals surface area contributed by atoms with E-state index < -0.39 is 5.97 Å². The predicted molar refractivity (Wildman–Crippen MR) is 40.5 cm³/mol. The van der Waals surface area contributed by atoms with Crippen LogP contribution in [-0.4, -0.2) is 23.8 Å². The van der Waals surface area contributed by atoms with E-state index in [2.05, 4.69) is 0 Å². The summed E-state index contributed by atoms with van der Waals surface area (Å²) >= 11 is 0. The largest absolute Gasteiger partial charge is 0.481 e. The highest BCUT2D eigenvalue weighted by atomic mass is 16.6. The van der Waals surface area contributed by atoms with Crippen molar-refractivity contribution in [2.75, 3.05) is 6.61 Å². The number of rotatable bonds is 6. The van der Waals surface area contributed by atoms with Gasteiger partial charge in [-0.2, -0.15) is 0 Å². The Bertz CT molecular complexity index is 129. The second-order valence-corrected chi connectivity index (χ2v) is 2.95. The maximum atomic E-state index is 10.1. The Hall–Kier alpha value is -0.570. The Morgan fingerprint density at radius 2 is 2.18 bits per heavy atom. The summed E-state index contributed by atoms with van der Waals surface area (Å²) in [5, 5.41) is 8.31. The summed E-state index contributed by atoms with van der Waals surface area (Å²) in [6, 6.07) is 0. The van der Waals surface area contributed by atoms with Crippen LogP contribution in [0.5, 0.6) is 0 Å². The predicted octanol–water partition coefficient (Wildman–Crippen LogP) is 1.42. The van der Waals surface area contributed by atoms with Gasteiger partial charge >= 0.3 is 5.97 Å². The first-order valence-electron chi connectivity index (χ1n) is 4.12. The van der Waals surface area contributed by atoms with Crippen LogP contribution in [0.2, 0.25) is 0 Å². The Balaban J connectivity index is 1.76. The first-order chi connectivity index (χ1) is 5.29. The van der Waals surface area contributed by atoms with Crippen LogP contribution in [0, 0.1) is 0 Å². The lowest BCUT2D eigenvalue weighted by Crippen LogP contribution is -1.94. The van der Waals surface area contributed by atoms with Crippen molar-refractivity contribution < 1.29 is 14.6 Å². The molecule has 0 spiro atoms. The minimum Gasteiger partial charge on any atom is -0.481 e. The first-order valence-corrected chi connectivity index (χ1v) is 4.12. The summed E-state index contributed by atoms with van der Waals surface area (Å²) in [7, 11) is 0. The molecule has 1 heterocycles. The number of carbonyl (C=O) groups is 1. The fourth-order valence-corrected chi connectivity index (χ4v) is 1.06. The third-order valence-electron chi connectivity index (χ3n) is 1.82. The molecule has 1 saturated heterocycles. The van der Waals surface area contributed by atoms with Gasteiger partial charge in [0.25, 0.3) is 0 Å². The minimum absolute atomic E-state index is 0.311. The van der Waals surface area contributed by atoms with Gasteiger partial charge in [0.05, 0.1) is 12.7 Å². The summed E-state index contributed by atoms with van der Waals surface area (Å²) in [6.07, 6.45) is 4.86. The van der Waals surface area contributed by atoms with Crippen molar-refractivity contribution in [1.82, 2.24) is 0 Å². The molecule has 0 aromatic rings. The van der Waals surface area contributed by atoms with Crippen LogP contribution in [0.1, 0.15) is 32.1 Å². The molecule has 1 atom stereocenters. The van der Waals surface area contributed by atoms with Crippen molar-refractivity contribution in [3.8, 4) is 0 Å². The summed E-state index contributed by atoms with van der Waals surface area (Å²) in [4.78, 5) is 10.1. The molecule has 0 radical (unpaired) electrons. The van der Waals surface area contributed by atoms with E-state index in [4.69, 9.17) is 9.84 Å². The molecule has 0 bridgehead atoms. The van der Waals surface area contributed by atoms with Crippen molar-refractivity contribution in [2.24, 2.45) is 0 Å². The Morgan fingerprint density at radius 1 is 1.45 bits per heavy atom. The van der Waals surface area contributed by atoms with Gasteiger partial charge in [0, 0.05) is 6.42 Å². The summed E-state index contributed by atoms with van der Waals surface area (Å²) < 4.78 is 5.02. The van der Waals surface area contributed by atoms with Gasteiger partial charge in [-0.05, 0) is 12.8 Å². The zero-order valence-electron chi connectivity index (χ0n) is 6.58. The maximum Gasteiger partial charge on any atom is 0.303 e. The molecule has 64 valence electrons. The smallest absolute Gasteiger partial charge is 0.303 e. The van der Waals surface area contributed by atoms with Crippen molar-refractivity contribution >= 4 is 5.97 Å². The van der Waals surface area contributed by atoms with Gasteiger partial charge in [0.1, 0.15) is 0 Å². The number of aliphatic carboxylic acids is 1. The molecule has 1 unspecified atom stereocenters. The average molecular weight is 158 g/mol. The lowest BCUT2D eigenvalue weighted by atomic mass is 10.1. The van der Waals surface area contributed by atoms with Crippen LogP contribution in [0.3, 0.4) is 0 Å². The van der Waals surface area contributed by atoms with Gasteiger partial charge in [-0.25, -0.2) is 0 Å². The minimum atomic E-state index is -0.687. The van der Waals surface area contributed by atoms with Gasteiger partial charge in [0.15, 0.2) is 0 Å². The topological polar surface area (TPSA) is 49.8 Å². The number of carboxylic acids is 1. The highest BCUT2D eigenvalue weighted by molar-refractivity contribution is 5.66. The van der Waals surface area contributed by atoms with Crippen LogP contribution in [0.25, 0.3) is 0 Å². The molecule has 0 aromatic carbocycles. The molecule has 1 aliphatic heterocycles. The van der Waals surface area contributed by atoms with E-state index in [0.717, 1.165) is 32.3 Å². The average Bonchev–Trinajstić information content (AvgIpc) is 2.70. The van der Waals surface area contributed by atoms with E-state index in [0.29, 0.717) is 12.5 Å². The van der Waals surface area contributed by atoms with Crippen molar-refractivity contribution in [3.05, 3.63) is 0 Å². The second kappa shape index (κ2) is 4.34. The van der Waals surface area contributed by atoms with Crippen LogP contribution in [-0.2, 0) is 9.53 Å². The Morgan fingerprint density at radius 3 is 2.73 bits per heavy atom. The fourth-order valence-electron chi connectivity index (χ4n) is 1.06. The van der Waals surface area contributed by atoms with Crippen LogP contribution < -0.4 is 0 Å². The molecule has 0 amide bonds. The van der Waals surface area contributed by atoms with E-state index in [9.17, 15) is 4.79 Å². The molecule has 0 saturated carbocycles. The van der Waals surface area contributed by atoms with E-state index in [1.54, 1.807) is 0 Å². The molecular weight excluding hydrogens is 144 g/mol. The van der Waals surface area contributed by atoms with Crippen molar-refractivity contribution in [3.63, 3.8) is 0 Å². The zero-order valence-corrected chi connectivity index (χ0v) is 6.58. The van der Waals surface area contributed by atoms with E-state index >= 15 is 0 Å². The maximum absolute atomic E-state index is 10.1. The standard InChI is InChI=1S/C8H14O3/c9-8(10)5-3-1-2-4-7-6-11-7/h7H,1-6H2,(H,9,10). The van der Waals surface area contributed by atoms with Gasteiger partial charge in [-0.1, -0.05) is 12.8 Å². The molecule has 1 fully saturated rings. The fraction of sp³-hybridized carbons (Fsp3) is 0.875. The molecule has 1 aliphatic rings. The summed E-state index contributed by atoms with van der Waals surface area (Å²) in [6.45, 7) is 0.916. The lowest BCUT2D eigenvalue weighted by molar-refractivity contribution is -0.137. The molecule has 0 aromatic heterocycles. The number of hydrogen-bond acceptors (Lipinski definition) is 2. The normalized spacial score (nSPS) is 21.6. The highest BCUT2D eigenvalue weighted by Crippen LogP contribution is 2.17. The molecule has 0 aliphatic carbocycles. The quantitative estimate of drug-likeness (QED) is 0.469. The van der Waals surface area contributed by atoms with Gasteiger partial charge in [0.2, 0.25) is 0 Å². The summed E-state index contributed by atoms with van der Waals surface area (Å²) in [5.41, 5.74) is 0. The number of hydrogen-bond donors (Lipinski definition) is 1. The second-order valence-electron chi connectivity index (χ2n) is 2.95. The zero-order chi connectivity index (χ0) is 8.10. The number of carboxylic acid groups (broad SMARTS) is 1. The number of ether oxygens (including phenoxy) is 1. The molecule has 1 N–H and O–H groups in total. The van der Waals surface area contributed by atoms with Gasteiger partial charge < -0.3 is 9.84 Å². The van der Waals surface area contributed by atoms with Gasteiger partial charge in [-0.15, -0.1) is 0 Å². The Labute approximate surface area is 66.4 Å². The molecular formula is C8H14O3. The number of unbranched alkanes of at least 4 members (excludes halogenated alkanes) is 2. The molecule has 3 heteroatoms. The monoisotopic (exact) mass is 158 g/mol. The number of epoxide rings is 1. The third kappa shape index (κ3) is 4.79. The van der Waals surface area contributed by atoms with Crippen molar-refractivity contribution in [2.45, 2.75) is 38.2 Å². The van der Waals surface area contributed by atoms with Gasteiger partial charge in [-0.3, -0.25) is 4.79 Å². The third-order valence-corrected chi connectivity index (χ3v) is 1.82. The SMILES string of the molecule is O=C(O)CCCCCC1CO1. The summed E-state index contributed by atoms with van der Waals surface area (Å²) in [5.74, 6) is -0.687. The highest BCUT2D eigenvalue weighted by Gasteiger charge is 2.20. The van der Waals surface area contributed by atoms with E-state index in [1.165, 1.54) is 0 Å². The van der Waals surface area contributed by atoms with E-state index in [-0.39, 0.29) is 0 Å². The van der Waals surface area contributed by atoms with E-state index in [1.807, 2.05) is 0 Å². The molecule has 11 heavy (non-hydrogen) atoms. The molecule has 3 nitrogen and oxygen atoms in total. The van der Waals surface area contributed by atoms with Crippen LogP contribution in [0.4, 0.5) is 0 Å². The first kappa shape index (κ1) is 8.53.